The van der Waals surface area contributed by atoms with Crippen molar-refractivity contribution in [2.24, 2.45) is 0 Å². The van der Waals surface area contributed by atoms with Crippen LogP contribution in [0.4, 0.5) is 11.8 Å². The number of anilines is 2. The lowest BCUT2D eigenvalue weighted by Crippen LogP contribution is -2.27. The number of hydrogen-bond acceptors (Lipinski definition) is 5. The molecular formula is C19H25N5O. The van der Waals surface area contributed by atoms with Crippen LogP contribution in [0.3, 0.4) is 0 Å². The van der Waals surface area contributed by atoms with Crippen LogP contribution in [0, 0.1) is 6.92 Å². The Balaban J connectivity index is 1.48. The van der Waals surface area contributed by atoms with Crippen molar-refractivity contribution in [3.05, 3.63) is 47.7 Å². The van der Waals surface area contributed by atoms with Gasteiger partial charge in [-0.05, 0) is 25.3 Å². The highest BCUT2D eigenvalue weighted by Gasteiger charge is 2.18. The number of likely N-dealkylation sites (tertiary alicyclic amines) is 1. The maximum atomic E-state index is 11.6. The molecule has 1 aromatic heterocycles. The number of carbonyl (C=O) groups is 1. The predicted octanol–water partition coefficient (Wildman–Crippen LogP) is 2.82. The van der Waals surface area contributed by atoms with Crippen LogP contribution < -0.4 is 10.6 Å². The van der Waals surface area contributed by atoms with Crippen LogP contribution in [0.15, 0.2) is 36.4 Å². The number of nitrogens with one attached hydrogen (secondary N) is 2. The summed E-state index contributed by atoms with van der Waals surface area (Å²) in [6, 6.07) is 12.2. The van der Waals surface area contributed by atoms with Crippen LogP contribution in [-0.4, -0.2) is 40.4 Å². The third kappa shape index (κ3) is 5.17. The molecule has 2 N–H and O–H groups in total. The number of aromatic nitrogens is 2. The molecule has 0 bridgehead atoms. The minimum absolute atomic E-state index is 0.277. The second kappa shape index (κ2) is 8.46. The Bertz CT molecular complexity index is 704. The monoisotopic (exact) mass is 339 g/mol. The third-order valence-corrected chi connectivity index (χ3v) is 4.23. The van der Waals surface area contributed by atoms with Crippen molar-refractivity contribution in [2.75, 3.05) is 30.3 Å². The summed E-state index contributed by atoms with van der Waals surface area (Å²) in [6.45, 7) is 5.15. The zero-order chi connectivity index (χ0) is 17.5. The van der Waals surface area contributed by atoms with Gasteiger partial charge in [0, 0.05) is 44.4 Å². The average Bonchev–Trinajstić information content (AvgIpc) is 3.02. The molecule has 2 aromatic rings. The Hall–Kier alpha value is -2.63. The van der Waals surface area contributed by atoms with Gasteiger partial charge in [0.05, 0.1) is 0 Å². The van der Waals surface area contributed by atoms with Crippen LogP contribution in [0.5, 0.6) is 0 Å². The van der Waals surface area contributed by atoms with Gasteiger partial charge in [0.25, 0.3) is 0 Å². The van der Waals surface area contributed by atoms with Gasteiger partial charge in [-0.2, -0.15) is 4.98 Å². The van der Waals surface area contributed by atoms with Gasteiger partial charge < -0.3 is 15.5 Å². The molecule has 1 aliphatic heterocycles. The smallest absolute Gasteiger partial charge is 0.224 e. The minimum atomic E-state index is 0.277. The van der Waals surface area contributed by atoms with Crippen molar-refractivity contribution >= 4 is 17.7 Å². The van der Waals surface area contributed by atoms with Crippen LogP contribution in [0.25, 0.3) is 0 Å². The molecule has 132 valence electrons. The summed E-state index contributed by atoms with van der Waals surface area (Å²) in [5.74, 6) is 1.72. The molecule has 25 heavy (non-hydrogen) atoms. The lowest BCUT2D eigenvalue weighted by Gasteiger charge is -2.15. The van der Waals surface area contributed by atoms with Crippen LogP contribution in [-0.2, 0) is 11.3 Å². The van der Waals surface area contributed by atoms with Crippen LogP contribution in [0.2, 0.25) is 0 Å². The van der Waals surface area contributed by atoms with Crippen LogP contribution in [0.1, 0.15) is 30.5 Å². The molecule has 0 radical (unpaired) electrons. The molecule has 2 heterocycles. The van der Waals surface area contributed by atoms with Crippen molar-refractivity contribution in [3.63, 3.8) is 0 Å². The highest BCUT2D eigenvalue weighted by Crippen LogP contribution is 2.12. The molecule has 0 spiro atoms. The molecule has 1 fully saturated rings. The fourth-order valence-corrected chi connectivity index (χ4v) is 2.94. The summed E-state index contributed by atoms with van der Waals surface area (Å²) < 4.78 is 0. The quantitative estimate of drug-likeness (QED) is 0.724. The summed E-state index contributed by atoms with van der Waals surface area (Å²) in [6.07, 6.45) is 2.59. The molecule has 1 aliphatic rings. The normalized spacial score (nSPS) is 14.0. The van der Waals surface area contributed by atoms with Crippen molar-refractivity contribution in [2.45, 2.75) is 32.7 Å². The van der Waals surface area contributed by atoms with Crippen LogP contribution >= 0.6 is 0 Å². The first-order chi connectivity index (χ1) is 12.2. The van der Waals surface area contributed by atoms with Gasteiger partial charge in [0.2, 0.25) is 11.9 Å². The molecule has 0 atom stereocenters. The number of amides is 1. The minimum Gasteiger partial charge on any atom is -0.366 e. The summed E-state index contributed by atoms with van der Waals surface area (Å²) in [5, 5.41) is 6.60. The van der Waals surface area contributed by atoms with E-state index >= 15 is 0 Å². The first-order valence-electron chi connectivity index (χ1n) is 8.86. The molecular weight excluding hydrogens is 314 g/mol. The summed E-state index contributed by atoms with van der Waals surface area (Å²) in [4.78, 5) is 22.5. The van der Waals surface area contributed by atoms with E-state index in [1.165, 1.54) is 5.56 Å². The second-order valence-corrected chi connectivity index (χ2v) is 6.32. The predicted molar refractivity (Wildman–Crippen MR) is 99.5 cm³/mol. The third-order valence-electron chi connectivity index (χ3n) is 4.23. The number of benzene rings is 1. The standard InChI is InChI=1S/C19H25N5O/c1-15-13-17(21-14-16-7-3-2-4-8-16)23-19(22-15)20-10-6-12-24-11-5-9-18(24)25/h2-4,7-8,13H,5-6,9-12,14H2,1H3,(H2,20,21,22,23). The van der Waals surface area contributed by atoms with E-state index in [-0.39, 0.29) is 5.91 Å². The topological polar surface area (TPSA) is 70.2 Å². The highest BCUT2D eigenvalue weighted by molar-refractivity contribution is 5.78. The van der Waals surface area contributed by atoms with Gasteiger partial charge in [-0.15, -0.1) is 0 Å². The summed E-state index contributed by atoms with van der Waals surface area (Å²) >= 11 is 0. The largest absolute Gasteiger partial charge is 0.366 e. The van der Waals surface area contributed by atoms with E-state index < -0.39 is 0 Å². The Morgan fingerprint density at radius 1 is 1.16 bits per heavy atom. The van der Waals surface area contributed by atoms with Crippen molar-refractivity contribution in [1.82, 2.24) is 14.9 Å². The Labute approximate surface area is 148 Å². The summed E-state index contributed by atoms with van der Waals surface area (Å²) in [5.41, 5.74) is 2.13. The second-order valence-electron chi connectivity index (χ2n) is 6.32. The first-order valence-corrected chi connectivity index (χ1v) is 8.86. The van der Waals surface area contributed by atoms with Gasteiger partial charge in [0.15, 0.2) is 0 Å². The fourth-order valence-electron chi connectivity index (χ4n) is 2.94. The number of hydrogen-bond donors (Lipinski definition) is 2. The molecule has 6 nitrogen and oxygen atoms in total. The Kier molecular flexibility index (Phi) is 5.82. The van der Waals surface area contributed by atoms with E-state index in [4.69, 9.17) is 0 Å². The lowest BCUT2D eigenvalue weighted by molar-refractivity contribution is -0.127. The molecule has 3 rings (SSSR count). The number of nitrogens with zero attached hydrogens (tertiary/aromatic N) is 3. The van der Waals surface area contributed by atoms with Crippen molar-refractivity contribution < 1.29 is 4.79 Å². The highest BCUT2D eigenvalue weighted by atomic mass is 16.2. The van der Waals surface area contributed by atoms with E-state index in [0.717, 1.165) is 50.5 Å². The van der Waals surface area contributed by atoms with Gasteiger partial charge in [-0.1, -0.05) is 30.3 Å². The van der Waals surface area contributed by atoms with E-state index in [1.54, 1.807) is 0 Å². The number of aryl methyl sites for hydroxylation is 1. The fraction of sp³-hybridized carbons (Fsp3) is 0.421. The van der Waals surface area contributed by atoms with Gasteiger partial charge in [-0.3, -0.25) is 4.79 Å². The molecule has 6 heteroatoms. The van der Waals surface area contributed by atoms with Gasteiger partial charge >= 0.3 is 0 Å². The zero-order valence-electron chi connectivity index (χ0n) is 14.7. The maximum absolute atomic E-state index is 11.6. The molecule has 1 amide bonds. The average molecular weight is 339 g/mol. The van der Waals surface area contributed by atoms with Gasteiger partial charge in [-0.25, -0.2) is 4.98 Å². The number of rotatable bonds is 8. The SMILES string of the molecule is Cc1cc(NCc2ccccc2)nc(NCCCN2CCCC2=O)n1. The molecule has 0 aliphatic carbocycles. The van der Waals surface area contributed by atoms with E-state index in [9.17, 15) is 4.79 Å². The summed E-state index contributed by atoms with van der Waals surface area (Å²) in [7, 11) is 0. The van der Waals surface area contributed by atoms with E-state index in [2.05, 4.69) is 32.7 Å². The molecule has 1 aromatic carbocycles. The van der Waals surface area contributed by atoms with Crippen molar-refractivity contribution in [3.8, 4) is 0 Å². The van der Waals surface area contributed by atoms with E-state index in [0.29, 0.717) is 12.4 Å². The molecule has 0 unspecified atom stereocenters. The number of carbonyl (C=O) groups excluding carboxylic acids is 1. The molecule has 1 saturated heterocycles. The Morgan fingerprint density at radius 3 is 2.76 bits per heavy atom. The zero-order valence-corrected chi connectivity index (χ0v) is 14.7. The maximum Gasteiger partial charge on any atom is 0.224 e. The van der Waals surface area contributed by atoms with Crippen molar-refractivity contribution in [1.29, 1.82) is 0 Å². The van der Waals surface area contributed by atoms with E-state index in [1.807, 2.05) is 36.1 Å². The lowest BCUT2D eigenvalue weighted by atomic mass is 10.2. The van der Waals surface area contributed by atoms with Gasteiger partial charge in [0.1, 0.15) is 5.82 Å². The Morgan fingerprint density at radius 2 is 2.00 bits per heavy atom. The first kappa shape index (κ1) is 17.2. The molecule has 0 saturated carbocycles.